The normalized spacial score (nSPS) is 18.7. The molecule has 2 aromatic heterocycles. The third-order valence-electron chi connectivity index (χ3n) is 6.47. The number of nitriles is 1. The lowest BCUT2D eigenvalue weighted by Crippen LogP contribution is -2.51. The molecule has 2 saturated heterocycles. The highest BCUT2D eigenvalue weighted by atomic mass is 16.2. The van der Waals surface area contributed by atoms with Crippen molar-refractivity contribution in [3.63, 3.8) is 0 Å². The van der Waals surface area contributed by atoms with Gasteiger partial charge in [-0.2, -0.15) is 5.26 Å². The topological polar surface area (TPSA) is 73.1 Å². The lowest BCUT2D eigenvalue weighted by Gasteiger charge is -2.47. The summed E-state index contributed by atoms with van der Waals surface area (Å²) in [4.78, 5) is 25.9. The molecule has 0 aliphatic carbocycles. The monoisotopic (exact) mass is 389 g/mol. The smallest absolute Gasteiger partial charge is 0.222 e. The molecule has 150 valence electrons. The third kappa shape index (κ3) is 3.95. The average Bonchev–Trinajstić information content (AvgIpc) is 2.72. The molecule has 0 atom stereocenters. The molecule has 0 bridgehead atoms. The Morgan fingerprint density at radius 1 is 1.21 bits per heavy atom. The van der Waals surface area contributed by atoms with Crippen LogP contribution in [0, 0.1) is 30.6 Å². The van der Waals surface area contributed by atoms with Gasteiger partial charge in [0.25, 0.3) is 0 Å². The number of aromatic nitrogens is 2. The number of carbonyl (C=O) groups is 1. The van der Waals surface area contributed by atoms with Gasteiger partial charge >= 0.3 is 0 Å². The Labute approximate surface area is 172 Å². The van der Waals surface area contributed by atoms with Gasteiger partial charge < -0.3 is 9.80 Å². The number of pyridine rings is 2. The van der Waals surface area contributed by atoms with Crippen molar-refractivity contribution in [3.8, 4) is 6.07 Å². The number of nitrogens with zero attached hydrogens (tertiary/aromatic N) is 5. The van der Waals surface area contributed by atoms with Crippen LogP contribution in [0.2, 0.25) is 0 Å². The zero-order chi connectivity index (χ0) is 20.4. The Balaban J connectivity index is 1.44. The molecular weight excluding hydrogens is 362 g/mol. The number of anilines is 1. The van der Waals surface area contributed by atoms with Gasteiger partial charge in [-0.1, -0.05) is 6.07 Å². The molecular formula is C23H27N5O. The first-order valence-electron chi connectivity index (χ1n) is 10.3. The Kier molecular flexibility index (Phi) is 5.23. The number of rotatable bonds is 3. The molecule has 1 amide bonds. The number of carbonyl (C=O) groups excluding carboxylic acids is 1. The quantitative estimate of drug-likeness (QED) is 0.805. The molecule has 0 unspecified atom stereocenters. The number of likely N-dealkylation sites (tertiary alicyclic amines) is 1. The Bertz CT molecular complexity index is 918. The van der Waals surface area contributed by atoms with Crippen molar-refractivity contribution in [2.75, 3.05) is 24.5 Å². The van der Waals surface area contributed by atoms with Crippen LogP contribution in [0.4, 0.5) is 5.82 Å². The Hall–Kier alpha value is -2.94. The molecule has 6 heteroatoms. The fraction of sp³-hybridized carbons (Fsp3) is 0.478. The fourth-order valence-electron chi connectivity index (χ4n) is 4.69. The molecule has 29 heavy (non-hydrogen) atoms. The van der Waals surface area contributed by atoms with E-state index in [1.807, 2.05) is 43.0 Å². The van der Waals surface area contributed by atoms with E-state index in [0.29, 0.717) is 18.5 Å². The fourth-order valence-corrected chi connectivity index (χ4v) is 4.69. The standard InChI is InChI=1S/C23H27N5O/c1-17-13-21(26-18(2)20(17)14-24)27-11-8-23(9-12-27)7-6-22(29)28(16-23)15-19-5-3-4-10-25-19/h3-5,10,13H,6-9,11-12,15-16H2,1-2H3. The highest BCUT2D eigenvalue weighted by Gasteiger charge is 2.41. The zero-order valence-corrected chi connectivity index (χ0v) is 17.2. The molecule has 4 rings (SSSR count). The van der Waals surface area contributed by atoms with Gasteiger partial charge in [0, 0.05) is 32.3 Å². The van der Waals surface area contributed by atoms with Crippen molar-refractivity contribution in [3.05, 3.63) is 53.0 Å². The van der Waals surface area contributed by atoms with Gasteiger partial charge in [0.15, 0.2) is 0 Å². The minimum absolute atomic E-state index is 0.190. The Morgan fingerprint density at radius 3 is 2.66 bits per heavy atom. The van der Waals surface area contributed by atoms with Crippen molar-refractivity contribution >= 4 is 11.7 Å². The van der Waals surface area contributed by atoms with Gasteiger partial charge in [0.05, 0.1) is 23.5 Å². The Morgan fingerprint density at radius 2 is 2.00 bits per heavy atom. The van der Waals surface area contributed by atoms with Gasteiger partial charge in [0.2, 0.25) is 5.91 Å². The molecule has 2 aliphatic rings. The van der Waals surface area contributed by atoms with Crippen molar-refractivity contribution in [2.24, 2.45) is 5.41 Å². The summed E-state index contributed by atoms with van der Waals surface area (Å²) in [5.74, 6) is 1.20. The van der Waals surface area contributed by atoms with E-state index in [0.717, 1.165) is 61.7 Å². The van der Waals surface area contributed by atoms with Crippen molar-refractivity contribution in [1.82, 2.24) is 14.9 Å². The lowest BCUT2D eigenvalue weighted by atomic mass is 9.72. The van der Waals surface area contributed by atoms with E-state index in [1.54, 1.807) is 6.20 Å². The second kappa shape index (κ2) is 7.82. The zero-order valence-electron chi connectivity index (χ0n) is 17.2. The van der Waals surface area contributed by atoms with Crippen LogP contribution in [-0.4, -0.2) is 40.4 Å². The van der Waals surface area contributed by atoms with E-state index >= 15 is 0 Å². The van der Waals surface area contributed by atoms with Crippen LogP contribution in [0.5, 0.6) is 0 Å². The molecule has 2 fully saturated rings. The van der Waals surface area contributed by atoms with E-state index in [2.05, 4.69) is 20.9 Å². The summed E-state index contributed by atoms with van der Waals surface area (Å²) in [5, 5.41) is 9.28. The molecule has 2 aliphatic heterocycles. The molecule has 0 aromatic carbocycles. The first-order valence-corrected chi connectivity index (χ1v) is 10.3. The predicted molar refractivity (Wildman–Crippen MR) is 111 cm³/mol. The average molecular weight is 390 g/mol. The largest absolute Gasteiger partial charge is 0.357 e. The number of hydrogen-bond donors (Lipinski definition) is 0. The van der Waals surface area contributed by atoms with E-state index in [4.69, 9.17) is 0 Å². The predicted octanol–water partition coefficient (Wildman–Crippen LogP) is 3.37. The summed E-state index contributed by atoms with van der Waals surface area (Å²) in [6.45, 7) is 7.16. The summed E-state index contributed by atoms with van der Waals surface area (Å²) in [5.41, 5.74) is 3.60. The maximum absolute atomic E-state index is 12.5. The van der Waals surface area contributed by atoms with E-state index in [-0.39, 0.29) is 11.3 Å². The molecule has 2 aromatic rings. The first kappa shape index (κ1) is 19.4. The summed E-state index contributed by atoms with van der Waals surface area (Å²) in [6, 6.07) is 10.1. The van der Waals surface area contributed by atoms with Crippen LogP contribution in [0.1, 0.15) is 48.2 Å². The van der Waals surface area contributed by atoms with Crippen LogP contribution in [0.3, 0.4) is 0 Å². The number of piperidine rings is 2. The van der Waals surface area contributed by atoms with E-state index in [9.17, 15) is 10.1 Å². The second-order valence-corrected chi connectivity index (χ2v) is 8.43. The van der Waals surface area contributed by atoms with Crippen LogP contribution < -0.4 is 4.90 Å². The minimum Gasteiger partial charge on any atom is -0.357 e. The lowest BCUT2D eigenvalue weighted by molar-refractivity contribution is -0.139. The highest BCUT2D eigenvalue weighted by Crippen LogP contribution is 2.41. The van der Waals surface area contributed by atoms with Gasteiger partial charge in [0.1, 0.15) is 11.9 Å². The molecule has 0 N–H and O–H groups in total. The van der Waals surface area contributed by atoms with Crippen LogP contribution in [0.25, 0.3) is 0 Å². The minimum atomic E-state index is 0.190. The maximum Gasteiger partial charge on any atom is 0.222 e. The summed E-state index contributed by atoms with van der Waals surface area (Å²) < 4.78 is 0. The summed E-state index contributed by atoms with van der Waals surface area (Å²) in [7, 11) is 0. The first-order chi connectivity index (χ1) is 14.0. The van der Waals surface area contributed by atoms with Gasteiger partial charge in [-0.15, -0.1) is 0 Å². The van der Waals surface area contributed by atoms with E-state index < -0.39 is 0 Å². The van der Waals surface area contributed by atoms with Gasteiger partial charge in [-0.3, -0.25) is 9.78 Å². The maximum atomic E-state index is 12.5. The van der Waals surface area contributed by atoms with E-state index in [1.165, 1.54) is 0 Å². The molecule has 0 saturated carbocycles. The number of aryl methyl sites for hydroxylation is 2. The van der Waals surface area contributed by atoms with Gasteiger partial charge in [-0.25, -0.2) is 4.98 Å². The SMILES string of the molecule is Cc1cc(N2CCC3(CCC(=O)N(Cc4ccccn4)C3)CC2)nc(C)c1C#N. The van der Waals surface area contributed by atoms with Crippen LogP contribution in [0.15, 0.2) is 30.5 Å². The van der Waals surface area contributed by atoms with Crippen LogP contribution in [-0.2, 0) is 11.3 Å². The van der Waals surface area contributed by atoms with Crippen molar-refractivity contribution < 1.29 is 4.79 Å². The summed E-state index contributed by atoms with van der Waals surface area (Å²) in [6.07, 6.45) is 5.49. The van der Waals surface area contributed by atoms with Gasteiger partial charge in [-0.05, 0) is 62.3 Å². The van der Waals surface area contributed by atoms with Crippen molar-refractivity contribution in [2.45, 2.75) is 46.1 Å². The van der Waals surface area contributed by atoms with Crippen LogP contribution >= 0.6 is 0 Å². The molecule has 0 radical (unpaired) electrons. The molecule has 6 nitrogen and oxygen atoms in total. The third-order valence-corrected chi connectivity index (χ3v) is 6.47. The molecule has 4 heterocycles. The number of hydrogen-bond acceptors (Lipinski definition) is 5. The molecule has 1 spiro atoms. The number of amides is 1. The highest BCUT2D eigenvalue weighted by molar-refractivity contribution is 5.77. The van der Waals surface area contributed by atoms with Crippen molar-refractivity contribution in [1.29, 1.82) is 5.26 Å². The second-order valence-electron chi connectivity index (χ2n) is 8.43. The summed E-state index contributed by atoms with van der Waals surface area (Å²) >= 11 is 0.